The van der Waals surface area contributed by atoms with Crippen LogP contribution in [-0.4, -0.2) is 64.0 Å². The monoisotopic (exact) mass is 466 g/mol. The third kappa shape index (κ3) is 5.70. The Morgan fingerprint density at radius 1 is 1.15 bits per heavy atom. The van der Waals surface area contributed by atoms with E-state index in [2.05, 4.69) is 24.8 Å². The second-order valence-corrected chi connectivity index (χ2v) is 8.63. The summed E-state index contributed by atoms with van der Waals surface area (Å²) in [5.41, 5.74) is 1.80. The molecule has 2 aromatic heterocycles. The summed E-state index contributed by atoms with van der Waals surface area (Å²) in [4.78, 5) is 45.3. The van der Waals surface area contributed by atoms with Crippen LogP contribution in [0.15, 0.2) is 52.7 Å². The average Bonchev–Trinajstić information content (AvgIpc) is 2.85. The molecule has 0 saturated carbocycles. The van der Waals surface area contributed by atoms with Gasteiger partial charge in [-0.15, -0.1) is 0 Å². The Morgan fingerprint density at radius 2 is 1.91 bits per heavy atom. The lowest BCUT2D eigenvalue weighted by Crippen LogP contribution is -2.50. The van der Waals surface area contributed by atoms with Crippen LogP contribution in [0.5, 0.6) is 5.75 Å². The van der Waals surface area contributed by atoms with Crippen molar-refractivity contribution in [3.05, 3.63) is 69.9 Å². The number of rotatable bonds is 7. The Balaban J connectivity index is 1.35. The van der Waals surface area contributed by atoms with Gasteiger partial charge in [-0.2, -0.15) is 0 Å². The van der Waals surface area contributed by atoms with Crippen molar-refractivity contribution >= 4 is 23.6 Å². The molecule has 33 heavy (non-hydrogen) atoms. The number of ether oxygens (including phenoxy) is 1. The minimum atomic E-state index is -0.264. The molecule has 1 N–H and O–H groups in total. The minimum absolute atomic E-state index is 0.0385. The second-order valence-electron chi connectivity index (χ2n) is 7.67. The number of hydrogen-bond acceptors (Lipinski definition) is 8. The molecule has 0 spiro atoms. The largest absolute Gasteiger partial charge is 0.497 e. The summed E-state index contributed by atoms with van der Waals surface area (Å²) in [6.45, 7) is 4.22. The number of anilines is 1. The van der Waals surface area contributed by atoms with Crippen molar-refractivity contribution in [1.82, 2.24) is 24.8 Å². The topological polar surface area (TPSA) is 104 Å². The third-order valence-corrected chi connectivity index (χ3v) is 6.45. The zero-order chi connectivity index (χ0) is 23.2. The molecule has 0 radical (unpaired) electrons. The molecule has 0 aliphatic carbocycles. The molecule has 1 saturated heterocycles. The van der Waals surface area contributed by atoms with Gasteiger partial charge in [0.15, 0.2) is 5.16 Å². The maximum atomic E-state index is 12.8. The van der Waals surface area contributed by atoms with Gasteiger partial charge in [-0.25, -0.2) is 15.0 Å². The van der Waals surface area contributed by atoms with Gasteiger partial charge in [0, 0.05) is 55.6 Å². The van der Waals surface area contributed by atoms with Crippen molar-refractivity contribution in [2.75, 3.05) is 38.2 Å². The zero-order valence-corrected chi connectivity index (χ0v) is 19.5. The molecular weight excluding hydrogens is 440 g/mol. The third-order valence-electron chi connectivity index (χ3n) is 5.51. The predicted octanol–water partition coefficient (Wildman–Crippen LogP) is 2.06. The Morgan fingerprint density at radius 3 is 2.61 bits per heavy atom. The number of thioether (sulfide) groups is 1. The van der Waals surface area contributed by atoms with Gasteiger partial charge in [0.2, 0.25) is 11.9 Å². The number of methoxy groups -OCH3 is 1. The molecular formula is C23H26N6O3S. The van der Waals surface area contributed by atoms with E-state index in [9.17, 15) is 9.59 Å². The van der Waals surface area contributed by atoms with E-state index in [1.807, 2.05) is 24.3 Å². The smallest absolute Gasteiger partial charge is 0.255 e. The van der Waals surface area contributed by atoms with Crippen LogP contribution in [0.3, 0.4) is 0 Å². The molecule has 3 aromatic rings. The highest BCUT2D eigenvalue weighted by Gasteiger charge is 2.24. The van der Waals surface area contributed by atoms with E-state index in [-0.39, 0.29) is 17.9 Å². The molecule has 0 bridgehead atoms. The average molecular weight is 467 g/mol. The molecule has 3 heterocycles. The number of hydrogen-bond donors (Lipinski definition) is 1. The van der Waals surface area contributed by atoms with Crippen molar-refractivity contribution in [1.29, 1.82) is 0 Å². The van der Waals surface area contributed by atoms with Crippen LogP contribution in [0.1, 0.15) is 16.8 Å². The van der Waals surface area contributed by atoms with E-state index in [0.29, 0.717) is 54.3 Å². The van der Waals surface area contributed by atoms with Gasteiger partial charge in [0.25, 0.3) is 5.56 Å². The first-order valence-electron chi connectivity index (χ1n) is 10.7. The highest BCUT2D eigenvalue weighted by atomic mass is 32.2. The lowest BCUT2D eigenvalue weighted by Gasteiger charge is -2.34. The number of nitrogens with one attached hydrogen (secondary N) is 1. The van der Waals surface area contributed by atoms with E-state index in [0.717, 1.165) is 11.3 Å². The SMILES string of the molecule is COc1cccc(CSc2nc(C)c(CC(=O)N3CCN(c4ncccn4)CC3)c(=O)[nH]2)c1. The number of nitrogens with zero attached hydrogens (tertiary/aromatic N) is 5. The van der Waals surface area contributed by atoms with Crippen LogP contribution in [0.4, 0.5) is 5.95 Å². The Labute approximate surface area is 196 Å². The Bertz CT molecular complexity index is 1160. The number of carbonyl (C=O) groups excluding carboxylic acids is 1. The first kappa shape index (κ1) is 22.8. The zero-order valence-electron chi connectivity index (χ0n) is 18.7. The summed E-state index contributed by atoms with van der Waals surface area (Å²) in [5, 5.41) is 0.535. The van der Waals surface area contributed by atoms with Gasteiger partial charge in [-0.05, 0) is 30.7 Å². The van der Waals surface area contributed by atoms with Crippen molar-refractivity contribution in [3.63, 3.8) is 0 Å². The van der Waals surface area contributed by atoms with Crippen molar-refractivity contribution in [2.24, 2.45) is 0 Å². The van der Waals surface area contributed by atoms with Gasteiger partial charge < -0.3 is 19.5 Å². The van der Waals surface area contributed by atoms with Gasteiger partial charge in [-0.1, -0.05) is 23.9 Å². The standard InChI is InChI=1S/C23H26N6O3S/c1-16-19(14-20(30)28-9-11-29(12-10-28)22-24-7-4-8-25-22)21(31)27-23(26-16)33-15-17-5-3-6-18(13-17)32-2/h3-8,13H,9-12,14-15H2,1-2H3,(H,26,27,31). The molecule has 172 valence electrons. The van der Waals surface area contributed by atoms with E-state index in [1.54, 1.807) is 37.4 Å². The molecule has 0 atom stereocenters. The molecule has 0 unspecified atom stereocenters. The van der Waals surface area contributed by atoms with Gasteiger partial charge in [0.1, 0.15) is 5.75 Å². The normalized spacial score (nSPS) is 13.8. The number of aromatic amines is 1. The summed E-state index contributed by atoms with van der Waals surface area (Å²) >= 11 is 1.44. The van der Waals surface area contributed by atoms with E-state index < -0.39 is 0 Å². The molecule has 1 fully saturated rings. The quantitative estimate of drug-likeness (QED) is 0.417. The van der Waals surface area contributed by atoms with Crippen LogP contribution in [0.2, 0.25) is 0 Å². The lowest BCUT2D eigenvalue weighted by atomic mass is 10.1. The number of benzene rings is 1. The number of amides is 1. The lowest BCUT2D eigenvalue weighted by molar-refractivity contribution is -0.130. The second kappa shape index (κ2) is 10.5. The van der Waals surface area contributed by atoms with Gasteiger partial charge in [-0.3, -0.25) is 9.59 Å². The van der Waals surface area contributed by atoms with Crippen LogP contribution in [0, 0.1) is 6.92 Å². The molecule has 1 aromatic carbocycles. The maximum absolute atomic E-state index is 12.8. The van der Waals surface area contributed by atoms with Crippen molar-refractivity contribution in [2.45, 2.75) is 24.3 Å². The highest BCUT2D eigenvalue weighted by molar-refractivity contribution is 7.98. The van der Waals surface area contributed by atoms with Gasteiger partial charge >= 0.3 is 0 Å². The van der Waals surface area contributed by atoms with E-state index in [4.69, 9.17) is 4.74 Å². The fourth-order valence-corrected chi connectivity index (χ4v) is 4.50. The van der Waals surface area contributed by atoms with E-state index in [1.165, 1.54) is 11.8 Å². The predicted molar refractivity (Wildman–Crippen MR) is 127 cm³/mol. The molecule has 1 aliphatic rings. The number of H-pyrrole nitrogens is 1. The van der Waals surface area contributed by atoms with Crippen LogP contribution in [0.25, 0.3) is 0 Å². The van der Waals surface area contributed by atoms with Crippen LogP contribution >= 0.6 is 11.8 Å². The number of carbonyl (C=O) groups is 1. The minimum Gasteiger partial charge on any atom is -0.497 e. The summed E-state index contributed by atoms with van der Waals surface area (Å²) in [6, 6.07) is 9.54. The van der Waals surface area contributed by atoms with Crippen LogP contribution in [-0.2, 0) is 17.0 Å². The molecule has 4 rings (SSSR count). The molecule has 1 amide bonds. The molecule has 10 heteroatoms. The van der Waals surface area contributed by atoms with E-state index >= 15 is 0 Å². The summed E-state index contributed by atoms with van der Waals surface area (Å²) in [5.74, 6) is 2.03. The summed E-state index contributed by atoms with van der Waals surface area (Å²) < 4.78 is 5.25. The fraction of sp³-hybridized carbons (Fsp3) is 0.348. The van der Waals surface area contributed by atoms with Gasteiger partial charge in [0.05, 0.1) is 13.5 Å². The maximum Gasteiger partial charge on any atom is 0.255 e. The molecule has 1 aliphatic heterocycles. The number of aryl methyl sites for hydroxylation is 1. The summed E-state index contributed by atoms with van der Waals surface area (Å²) in [7, 11) is 1.63. The first-order valence-corrected chi connectivity index (χ1v) is 11.7. The van der Waals surface area contributed by atoms with Crippen LogP contribution < -0.4 is 15.2 Å². The Hall–Kier alpha value is -3.40. The first-order chi connectivity index (χ1) is 16.0. The number of piperazine rings is 1. The summed E-state index contributed by atoms with van der Waals surface area (Å²) in [6.07, 6.45) is 3.46. The Kier molecular flexibility index (Phi) is 7.23. The fourth-order valence-electron chi connectivity index (χ4n) is 3.65. The number of aromatic nitrogens is 4. The van der Waals surface area contributed by atoms with Crippen molar-refractivity contribution in [3.8, 4) is 5.75 Å². The highest BCUT2D eigenvalue weighted by Crippen LogP contribution is 2.22. The molecule has 9 nitrogen and oxygen atoms in total. The van der Waals surface area contributed by atoms with Crippen molar-refractivity contribution < 1.29 is 9.53 Å².